The van der Waals surface area contributed by atoms with Crippen molar-refractivity contribution in [2.45, 2.75) is 13.8 Å². The summed E-state index contributed by atoms with van der Waals surface area (Å²) < 4.78 is 5.32. The highest BCUT2D eigenvalue weighted by molar-refractivity contribution is 5.95. The van der Waals surface area contributed by atoms with Crippen molar-refractivity contribution in [3.63, 3.8) is 0 Å². The number of para-hydroxylation sites is 1. The predicted molar refractivity (Wildman–Crippen MR) is 116 cm³/mol. The number of methoxy groups -OCH3 is 1. The van der Waals surface area contributed by atoms with Gasteiger partial charge in [0.25, 0.3) is 0 Å². The first-order valence-corrected chi connectivity index (χ1v) is 9.74. The lowest BCUT2D eigenvalue weighted by Crippen LogP contribution is -2.48. The van der Waals surface area contributed by atoms with E-state index in [1.807, 2.05) is 0 Å². The summed E-state index contributed by atoms with van der Waals surface area (Å²) in [5, 5.41) is 5.62. The lowest BCUT2D eigenvalue weighted by Gasteiger charge is -2.36. The number of rotatable bonds is 6. The quantitative estimate of drug-likeness (QED) is 0.785. The van der Waals surface area contributed by atoms with Gasteiger partial charge in [-0.25, -0.2) is 0 Å². The van der Waals surface area contributed by atoms with Crippen molar-refractivity contribution in [2.24, 2.45) is 0 Å². The molecule has 1 aliphatic rings. The van der Waals surface area contributed by atoms with Crippen LogP contribution in [0.1, 0.15) is 12.5 Å². The molecule has 7 heteroatoms. The molecule has 0 saturated carbocycles. The molecule has 0 radical (unpaired) electrons. The number of hydrogen-bond acceptors (Lipinski definition) is 5. The number of amides is 2. The van der Waals surface area contributed by atoms with E-state index in [1.54, 1.807) is 25.3 Å². The minimum absolute atomic E-state index is 0.104. The first-order chi connectivity index (χ1) is 14.0. The van der Waals surface area contributed by atoms with Gasteiger partial charge in [-0.2, -0.15) is 0 Å². The summed E-state index contributed by atoms with van der Waals surface area (Å²) in [4.78, 5) is 28.4. The maximum Gasteiger partial charge on any atom is 0.238 e. The second-order valence-corrected chi connectivity index (χ2v) is 7.19. The Hall–Kier alpha value is -3.06. The highest BCUT2D eigenvalue weighted by atomic mass is 16.5. The van der Waals surface area contributed by atoms with E-state index in [2.05, 4.69) is 51.6 Å². The van der Waals surface area contributed by atoms with Crippen molar-refractivity contribution in [3.8, 4) is 5.75 Å². The Morgan fingerprint density at radius 1 is 1.03 bits per heavy atom. The molecule has 2 N–H and O–H groups in total. The van der Waals surface area contributed by atoms with E-state index in [1.165, 1.54) is 18.2 Å². The van der Waals surface area contributed by atoms with E-state index in [0.717, 1.165) is 26.2 Å². The van der Waals surface area contributed by atoms with Crippen LogP contribution in [0, 0.1) is 6.92 Å². The standard InChI is InChI=1S/C22H28N4O3/c1-16-6-4-5-7-20(16)26-12-10-25(11-13-26)15-22(28)24-19-14-18(23-17(2)27)8-9-21(19)29-3/h4-9,14H,10-13,15H2,1-3H3,(H,23,27)(H,24,28). The lowest BCUT2D eigenvalue weighted by molar-refractivity contribution is -0.117. The number of ether oxygens (including phenoxy) is 1. The molecular formula is C22H28N4O3. The van der Waals surface area contributed by atoms with Crippen LogP contribution >= 0.6 is 0 Å². The molecule has 0 unspecified atom stereocenters. The summed E-state index contributed by atoms with van der Waals surface area (Å²) in [6, 6.07) is 13.5. The predicted octanol–water partition coefficient (Wildman–Crippen LogP) is 2.72. The molecule has 0 bridgehead atoms. The largest absolute Gasteiger partial charge is 0.495 e. The molecule has 1 heterocycles. The van der Waals surface area contributed by atoms with Crippen molar-refractivity contribution in [3.05, 3.63) is 48.0 Å². The minimum atomic E-state index is -0.168. The van der Waals surface area contributed by atoms with Gasteiger partial charge in [0, 0.05) is 44.5 Å². The first-order valence-electron chi connectivity index (χ1n) is 9.74. The molecule has 154 valence electrons. The van der Waals surface area contributed by atoms with Gasteiger partial charge in [-0.05, 0) is 36.8 Å². The highest BCUT2D eigenvalue weighted by Crippen LogP contribution is 2.28. The van der Waals surface area contributed by atoms with Gasteiger partial charge in [0.1, 0.15) is 5.75 Å². The molecule has 0 spiro atoms. The number of nitrogens with zero attached hydrogens (tertiary/aromatic N) is 2. The molecule has 1 fully saturated rings. The number of carbonyl (C=O) groups excluding carboxylic acids is 2. The lowest BCUT2D eigenvalue weighted by atomic mass is 10.1. The summed E-state index contributed by atoms with van der Waals surface area (Å²) in [5.74, 6) is 0.281. The van der Waals surface area contributed by atoms with Crippen molar-refractivity contribution in [1.29, 1.82) is 0 Å². The zero-order chi connectivity index (χ0) is 20.8. The molecule has 3 rings (SSSR count). The van der Waals surface area contributed by atoms with Crippen LogP contribution in [0.2, 0.25) is 0 Å². The Morgan fingerprint density at radius 2 is 1.76 bits per heavy atom. The van der Waals surface area contributed by atoms with Crippen LogP contribution < -0.4 is 20.3 Å². The Kier molecular flexibility index (Phi) is 6.72. The summed E-state index contributed by atoms with van der Waals surface area (Å²) in [6.45, 7) is 7.31. The van der Waals surface area contributed by atoms with Crippen LogP contribution in [0.15, 0.2) is 42.5 Å². The molecule has 7 nitrogen and oxygen atoms in total. The third-order valence-corrected chi connectivity index (χ3v) is 4.99. The third-order valence-electron chi connectivity index (χ3n) is 4.99. The average molecular weight is 396 g/mol. The number of anilines is 3. The van der Waals surface area contributed by atoms with E-state index in [-0.39, 0.29) is 11.8 Å². The van der Waals surface area contributed by atoms with Crippen molar-refractivity contribution < 1.29 is 14.3 Å². The fraction of sp³-hybridized carbons (Fsp3) is 0.364. The van der Waals surface area contributed by atoms with Gasteiger partial charge in [-0.1, -0.05) is 18.2 Å². The summed E-state index contributed by atoms with van der Waals surface area (Å²) in [6.07, 6.45) is 0. The van der Waals surface area contributed by atoms with Crippen LogP contribution in [0.3, 0.4) is 0 Å². The SMILES string of the molecule is COc1ccc(NC(C)=O)cc1NC(=O)CN1CCN(c2ccccc2C)CC1. The number of hydrogen-bond donors (Lipinski definition) is 2. The number of aryl methyl sites for hydroxylation is 1. The molecule has 2 aromatic carbocycles. The summed E-state index contributed by atoms with van der Waals surface area (Å²) in [7, 11) is 1.55. The zero-order valence-corrected chi connectivity index (χ0v) is 17.2. The van der Waals surface area contributed by atoms with Gasteiger partial charge in [-0.15, -0.1) is 0 Å². The molecule has 0 aliphatic carbocycles. The zero-order valence-electron chi connectivity index (χ0n) is 17.2. The molecule has 0 atom stereocenters. The maximum atomic E-state index is 12.6. The fourth-order valence-electron chi connectivity index (χ4n) is 3.54. The Morgan fingerprint density at radius 3 is 2.41 bits per heavy atom. The molecule has 0 aromatic heterocycles. The number of nitrogens with one attached hydrogen (secondary N) is 2. The topological polar surface area (TPSA) is 73.9 Å². The van der Waals surface area contributed by atoms with E-state index < -0.39 is 0 Å². The average Bonchev–Trinajstić information content (AvgIpc) is 2.69. The van der Waals surface area contributed by atoms with Crippen LogP contribution in [-0.4, -0.2) is 56.5 Å². The second kappa shape index (κ2) is 9.43. The van der Waals surface area contributed by atoms with Crippen molar-refractivity contribution >= 4 is 28.9 Å². The molecule has 1 saturated heterocycles. The molecule has 2 aromatic rings. The Bertz CT molecular complexity index is 876. The van der Waals surface area contributed by atoms with E-state index in [4.69, 9.17) is 4.74 Å². The summed E-state index contributed by atoms with van der Waals surface area (Å²) >= 11 is 0. The Labute approximate surface area is 171 Å². The normalized spacial score (nSPS) is 14.4. The number of piperazine rings is 1. The van der Waals surface area contributed by atoms with Crippen molar-refractivity contribution in [1.82, 2.24) is 4.90 Å². The molecule has 29 heavy (non-hydrogen) atoms. The van der Waals surface area contributed by atoms with E-state index >= 15 is 0 Å². The molecule has 2 amide bonds. The van der Waals surface area contributed by atoms with Crippen LogP contribution in [0.5, 0.6) is 5.75 Å². The highest BCUT2D eigenvalue weighted by Gasteiger charge is 2.20. The van der Waals surface area contributed by atoms with Gasteiger partial charge in [0.2, 0.25) is 11.8 Å². The van der Waals surface area contributed by atoms with Crippen LogP contribution in [0.25, 0.3) is 0 Å². The Balaban J connectivity index is 1.56. The second-order valence-electron chi connectivity index (χ2n) is 7.19. The number of carbonyl (C=O) groups is 2. The van der Waals surface area contributed by atoms with Crippen LogP contribution in [-0.2, 0) is 9.59 Å². The van der Waals surface area contributed by atoms with E-state index in [9.17, 15) is 9.59 Å². The third kappa shape index (κ3) is 5.48. The van der Waals surface area contributed by atoms with Gasteiger partial charge in [-0.3, -0.25) is 14.5 Å². The van der Waals surface area contributed by atoms with Gasteiger partial charge in [0.15, 0.2) is 0 Å². The monoisotopic (exact) mass is 396 g/mol. The number of benzene rings is 2. The van der Waals surface area contributed by atoms with Gasteiger partial charge in [0.05, 0.1) is 19.3 Å². The summed E-state index contributed by atoms with van der Waals surface area (Å²) in [5.41, 5.74) is 3.68. The van der Waals surface area contributed by atoms with Gasteiger partial charge >= 0.3 is 0 Å². The molecular weight excluding hydrogens is 368 g/mol. The van der Waals surface area contributed by atoms with E-state index in [0.29, 0.717) is 23.7 Å². The first kappa shape index (κ1) is 20.7. The minimum Gasteiger partial charge on any atom is -0.495 e. The smallest absolute Gasteiger partial charge is 0.238 e. The fourth-order valence-corrected chi connectivity index (χ4v) is 3.54. The molecule has 1 aliphatic heterocycles. The maximum absolute atomic E-state index is 12.6. The van der Waals surface area contributed by atoms with Crippen LogP contribution in [0.4, 0.5) is 17.1 Å². The van der Waals surface area contributed by atoms with Gasteiger partial charge < -0.3 is 20.3 Å². The van der Waals surface area contributed by atoms with Crippen molar-refractivity contribution in [2.75, 3.05) is 55.4 Å².